The van der Waals surface area contributed by atoms with E-state index in [0.717, 1.165) is 22.4 Å². The third-order valence-electron chi connectivity index (χ3n) is 4.65. The molecular weight excluding hydrogens is 350 g/mol. The van der Waals surface area contributed by atoms with E-state index in [0.29, 0.717) is 17.8 Å². The number of aromatic nitrogens is 2. The standard InChI is InChI=1S/C23H21N3O2/c1-16-8-9-20(17(2)12-16)22-21(23(27)24-13-18-10-11-28-15-18)14-26(25-22)19-6-4-3-5-7-19/h3-12,14-15H,13H2,1-2H3,(H,24,27). The molecule has 0 radical (unpaired) electrons. The van der Waals surface area contributed by atoms with Gasteiger partial charge in [-0.3, -0.25) is 4.79 Å². The summed E-state index contributed by atoms with van der Waals surface area (Å²) in [6.07, 6.45) is 5.00. The van der Waals surface area contributed by atoms with Crippen molar-refractivity contribution in [2.24, 2.45) is 0 Å². The molecule has 1 N–H and O–H groups in total. The van der Waals surface area contributed by atoms with Gasteiger partial charge in [-0.25, -0.2) is 4.68 Å². The summed E-state index contributed by atoms with van der Waals surface area (Å²) in [7, 11) is 0. The number of para-hydroxylation sites is 1. The van der Waals surface area contributed by atoms with Crippen LogP contribution in [0.1, 0.15) is 27.0 Å². The highest BCUT2D eigenvalue weighted by atomic mass is 16.3. The largest absolute Gasteiger partial charge is 0.472 e. The smallest absolute Gasteiger partial charge is 0.255 e. The van der Waals surface area contributed by atoms with E-state index in [1.165, 1.54) is 5.56 Å². The predicted molar refractivity (Wildman–Crippen MR) is 108 cm³/mol. The summed E-state index contributed by atoms with van der Waals surface area (Å²) in [6, 6.07) is 17.8. The first-order chi connectivity index (χ1) is 13.6. The van der Waals surface area contributed by atoms with Crippen LogP contribution in [0.2, 0.25) is 0 Å². The molecule has 1 amide bonds. The Morgan fingerprint density at radius 1 is 1.11 bits per heavy atom. The van der Waals surface area contributed by atoms with Gasteiger partial charge in [0.15, 0.2) is 0 Å². The predicted octanol–water partition coefficient (Wildman–Crippen LogP) is 4.68. The highest BCUT2D eigenvalue weighted by Crippen LogP contribution is 2.27. The lowest BCUT2D eigenvalue weighted by molar-refractivity contribution is 0.0951. The molecule has 5 nitrogen and oxygen atoms in total. The minimum absolute atomic E-state index is 0.168. The molecule has 0 aliphatic carbocycles. The molecule has 0 saturated heterocycles. The van der Waals surface area contributed by atoms with Crippen LogP contribution < -0.4 is 5.32 Å². The van der Waals surface area contributed by atoms with E-state index in [-0.39, 0.29) is 5.91 Å². The molecule has 2 heterocycles. The third-order valence-corrected chi connectivity index (χ3v) is 4.65. The second-order valence-electron chi connectivity index (χ2n) is 6.80. The van der Waals surface area contributed by atoms with Crippen molar-refractivity contribution in [3.05, 3.63) is 95.6 Å². The highest BCUT2D eigenvalue weighted by molar-refractivity contribution is 6.00. The maximum absolute atomic E-state index is 13.0. The number of nitrogens with one attached hydrogen (secondary N) is 1. The number of carbonyl (C=O) groups excluding carboxylic acids is 1. The van der Waals surface area contributed by atoms with Gasteiger partial charge in [-0.05, 0) is 37.6 Å². The molecule has 0 unspecified atom stereocenters. The quantitative estimate of drug-likeness (QED) is 0.554. The van der Waals surface area contributed by atoms with Crippen LogP contribution in [0.5, 0.6) is 0 Å². The van der Waals surface area contributed by atoms with Crippen LogP contribution in [0.15, 0.2) is 77.7 Å². The van der Waals surface area contributed by atoms with Crippen LogP contribution >= 0.6 is 0 Å². The Bertz CT molecular complexity index is 1100. The average molecular weight is 371 g/mol. The van der Waals surface area contributed by atoms with Crippen molar-refractivity contribution in [1.82, 2.24) is 15.1 Å². The lowest BCUT2D eigenvalue weighted by atomic mass is 10.0. The van der Waals surface area contributed by atoms with E-state index in [4.69, 9.17) is 9.52 Å². The Labute approximate surface area is 163 Å². The van der Waals surface area contributed by atoms with E-state index < -0.39 is 0 Å². The number of hydrogen-bond acceptors (Lipinski definition) is 3. The Balaban J connectivity index is 1.74. The van der Waals surface area contributed by atoms with Gasteiger partial charge in [-0.2, -0.15) is 5.10 Å². The van der Waals surface area contributed by atoms with Gasteiger partial charge in [-0.15, -0.1) is 0 Å². The first-order valence-electron chi connectivity index (χ1n) is 9.14. The van der Waals surface area contributed by atoms with Crippen molar-refractivity contribution in [2.75, 3.05) is 0 Å². The van der Waals surface area contributed by atoms with Gasteiger partial charge in [0.1, 0.15) is 5.69 Å². The number of carbonyl (C=O) groups is 1. The second kappa shape index (κ2) is 7.56. The molecule has 0 aliphatic heterocycles. The van der Waals surface area contributed by atoms with Gasteiger partial charge in [0, 0.05) is 23.9 Å². The van der Waals surface area contributed by atoms with E-state index in [9.17, 15) is 4.79 Å². The number of furan rings is 1. The topological polar surface area (TPSA) is 60.1 Å². The summed E-state index contributed by atoms with van der Waals surface area (Å²) in [4.78, 5) is 13.0. The fraction of sp³-hybridized carbons (Fsp3) is 0.130. The fourth-order valence-corrected chi connectivity index (χ4v) is 3.20. The number of nitrogens with zero attached hydrogens (tertiary/aromatic N) is 2. The number of benzene rings is 2. The molecule has 4 rings (SSSR count). The van der Waals surface area contributed by atoms with Gasteiger partial charge in [0.25, 0.3) is 5.91 Å². The normalized spacial score (nSPS) is 10.8. The van der Waals surface area contributed by atoms with Crippen molar-refractivity contribution in [3.8, 4) is 16.9 Å². The minimum Gasteiger partial charge on any atom is -0.472 e. The van der Waals surface area contributed by atoms with Crippen LogP contribution in [0, 0.1) is 13.8 Å². The molecular formula is C23H21N3O2. The third kappa shape index (κ3) is 3.60. The number of aryl methyl sites for hydroxylation is 2. The summed E-state index contributed by atoms with van der Waals surface area (Å²) >= 11 is 0. The second-order valence-corrected chi connectivity index (χ2v) is 6.80. The van der Waals surface area contributed by atoms with Gasteiger partial charge < -0.3 is 9.73 Å². The Morgan fingerprint density at radius 2 is 1.93 bits per heavy atom. The molecule has 2 aromatic carbocycles. The van der Waals surface area contributed by atoms with Crippen molar-refractivity contribution in [1.29, 1.82) is 0 Å². The van der Waals surface area contributed by atoms with Crippen LogP contribution in [0.4, 0.5) is 0 Å². The molecule has 0 atom stereocenters. The zero-order valence-corrected chi connectivity index (χ0v) is 15.8. The van der Waals surface area contributed by atoms with Gasteiger partial charge in [0.2, 0.25) is 0 Å². The van der Waals surface area contributed by atoms with Gasteiger partial charge in [0.05, 0.1) is 23.8 Å². The van der Waals surface area contributed by atoms with Crippen LogP contribution in [-0.4, -0.2) is 15.7 Å². The molecule has 5 heteroatoms. The first kappa shape index (κ1) is 17.8. The van der Waals surface area contributed by atoms with E-state index in [1.807, 2.05) is 55.5 Å². The number of hydrogen-bond donors (Lipinski definition) is 1. The first-order valence-corrected chi connectivity index (χ1v) is 9.14. The Morgan fingerprint density at radius 3 is 2.64 bits per heavy atom. The minimum atomic E-state index is -0.168. The van der Waals surface area contributed by atoms with Crippen LogP contribution in [0.3, 0.4) is 0 Å². The molecule has 140 valence electrons. The highest BCUT2D eigenvalue weighted by Gasteiger charge is 2.20. The molecule has 4 aromatic rings. The maximum atomic E-state index is 13.0. The SMILES string of the molecule is Cc1ccc(-c2nn(-c3ccccc3)cc2C(=O)NCc2ccoc2)c(C)c1. The molecule has 0 spiro atoms. The molecule has 0 saturated carbocycles. The summed E-state index contributed by atoms with van der Waals surface area (Å²) in [6.45, 7) is 4.49. The monoisotopic (exact) mass is 371 g/mol. The van der Waals surface area contributed by atoms with Crippen molar-refractivity contribution >= 4 is 5.91 Å². The maximum Gasteiger partial charge on any atom is 0.255 e. The molecule has 0 aliphatic rings. The Kier molecular flexibility index (Phi) is 4.81. The van der Waals surface area contributed by atoms with Gasteiger partial charge in [-0.1, -0.05) is 42.0 Å². The van der Waals surface area contributed by atoms with E-state index >= 15 is 0 Å². The molecule has 0 bridgehead atoms. The fourth-order valence-electron chi connectivity index (χ4n) is 3.20. The lowest BCUT2D eigenvalue weighted by Gasteiger charge is -2.07. The Hall–Kier alpha value is -3.60. The van der Waals surface area contributed by atoms with E-state index in [2.05, 4.69) is 18.3 Å². The van der Waals surface area contributed by atoms with E-state index in [1.54, 1.807) is 23.4 Å². The zero-order chi connectivity index (χ0) is 19.5. The van der Waals surface area contributed by atoms with Crippen molar-refractivity contribution in [2.45, 2.75) is 20.4 Å². The van der Waals surface area contributed by atoms with Crippen LogP contribution in [-0.2, 0) is 6.54 Å². The summed E-state index contributed by atoms with van der Waals surface area (Å²) in [5.74, 6) is -0.168. The summed E-state index contributed by atoms with van der Waals surface area (Å²) < 4.78 is 6.82. The lowest BCUT2D eigenvalue weighted by Crippen LogP contribution is -2.22. The van der Waals surface area contributed by atoms with Crippen molar-refractivity contribution < 1.29 is 9.21 Å². The molecule has 2 aromatic heterocycles. The summed E-state index contributed by atoms with van der Waals surface area (Å²) in [5.41, 5.74) is 6.25. The zero-order valence-electron chi connectivity index (χ0n) is 15.8. The summed E-state index contributed by atoms with van der Waals surface area (Å²) in [5, 5.41) is 7.70. The van der Waals surface area contributed by atoms with Crippen molar-refractivity contribution in [3.63, 3.8) is 0 Å². The van der Waals surface area contributed by atoms with Crippen LogP contribution in [0.25, 0.3) is 16.9 Å². The molecule has 0 fully saturated rings. The average Bonchev–Trinajstić information content (AvgIpc) is 3.37. The number of rotatable bonds is 5. The molecule has 28 heavy (non-hydrogen) atoms. The number of amides is 1. The van der Waals surface area contributed by atoms with Gasteiger partial charge >= 0.3 is 0 Å².